The van der Waals surface area contributed by atoms with Gasteiger partial charge >= 0.3 is 5.97 Å². The van der Waals surface area contributed by atoms with Gasteiger partial charge in [-0.1, -0.05) is 18.2 Å². The zero-order chi connectivity index (χ0) is 18.1. The molecule has 0 bridgehead atoms. The number of hydrogen-bond acceptors (Lipinski definition) is 4. The number of benzene rings is 1. The normalized spacial score (nSPS) is 20.2. The van der Waals surface area contributed by atoms with Gasteiger partial charge in [0.25, 0.3) is 7.41 Å². The number of aliphatic carboxylic acids is 1. The summed E-state index contributed by atoms with van der Waals surface area (Å²) in [5, 5.41) is 16.8. The first kappa shape index (κ1) is 17.0. The third kappa shape index (κ3) is 3.31. The lowest BCUT2D eigenvalue weighted by Gasteiger charge is -2.31. The van der Waals surface area contributed by atoms with E-state index in [-0.39, 0.29) is 5.92 Å². The van der Waals surface area contributed by atoms with Gasteiger partial charge in [0, 0.05) is 17.7 Å². The smallest absolute Gasteiger partial charge is 0.320 e. The number of rotatable bonds is 7. The van der Waals surface area contributed by atoms with Crippen LogP contribution in [0.1, 0.15) is 48.8 Å². The summed E-state index contributed by atoms with van der Waals surface area (Å²) in [4.78, 5) is 22.4. The minimum Gasteiger partial charge on any atom is -0.480 e. The van der Waals surface area contributed by atoms with Crippen molar-refractivity contribution in [3.05, 3.63) is 41.7 Å². The Kier molecular flexibility index (Phi) is 4.63. The molecule has 2 aliphatic rings. The molecule has 6 nitrogen and oxygen atoms in total. The molecular weight excluding hydrogens is 329 g/mol. The molecule has 4 rings (SSSR count). The van der Waals surface area contributed by atoms with Gasteiger partial charge in [-0.25, -0.2) is 0 Å². The molecule has 1 radical (unpaired) electrons. The van der Waals surface area contributed by atoms with Gasteiger partial charge in [-0.3, -0.25) is 9.48 Å². The van der Waals surface area contributed by atoms with Crippen molar-refractivity contribution in [2.24, 2.45) is 0 Å². The maximum absolute atomic E-state index is 11.7. The van der Waals surface area contributed by atoms with Gasteiger partial charge in [0.15, 0.2) is 0 Å². The first-order valence-corrected chi connectivity index (χ1v) is 9.10. The minimum absolute atomic E-state index is 0.161. The Balaban J connectivity index is 1.66. The Labute approximate surface area is 152 Å². The molecule has 7 heteroatoms. The topological polar surface area (TPSA) is 84.2 Å². The van der Waals surface area contributed by atoms with E-state index in [2.05, 4.69) is 34.7 Å². The molecule has 0 aliphatic heterocycles. The molecule has 2 aromatic rings. The van der Waals surface area contributed by atoms with E-state index in [1.807, 2.05) is 10.9 Å². The van der Waals surface area contributed by atoms with E-state index in [0.717, 1.165) is 36.0 Å². The zero-order valence-electron chi connectivity index (χ0n) is 14.5. The van der Waals surface area contributed by atoms with Crippen molar-refractivity contribution in [2.75, 3.05) is 0 Å². The second kappa shape index (κ2) is 7.07. The van der Waals surface area contributed by atoms with Crippen LogP contribution in [0.2, 0.25) is 0 Å². The molecule has 1 aromatic carbocycles. The maximum Gasteiger partial charge on any atom is 0.320 e. The number of aryl methyl sites for hydroxylation is 1. The molecule has 1 saturated carbocycles. The summed E-state index contributed by atoms with van der Waals surface area (Å²) in [6.45, 7) is 0. The summed E-state index contributed by atoms with van der Waals surface area (Å²) in [5.41, 5.74) is 4.38. The number of aromatic nitrogens is 2. The van der Waals surface area contributed by atoms with Gasteiger partial charge in [-0.2, -0.15) is 5.10 Å². The summed E-state index contributed by atoms with van der Waals surface area (Å²) in [6.07, 6.45) is 9.60. The molecule has 133 valence electrons. The van der Waals surface area contributed by atoms with Crippen LogP contribution >= 0.6 is 0 Å². The van der Waals surface area contributed by atoms with Crippen molar-refractivity contribution in [3.8, 4) is 11.1 Å². The third-order valence-corrected chi connectivity index (χ3v) is 5.37. The average molecular weight is 350 g/mol. The fourth-order valence-corrected chi connectivity index (χ4v) is 3.89. The Morgan fingerprint density at radius 3 is 2.92 bits per heavy atom. The highest BCUT2D eigenvalue weighted by atomic mass is 16.4. The van der Waals surface area contributed by atoms with E-state index < -0.39 is 12.0 Å². The molecule has 0 amide bonds. The molecule has 1 aromatic heterocycles. The van der Waals surface area contributed by atoms with Crippen LogP contribution in [0.3, 0.4) is 0 Å². The first-order valence-electron chi connectivity index (χ1n) is 9.10. The SMILES string of the molecule is O=C[B]N[C@H](C(=O)O)[C@@H]1CCCc2ccc(-c3cnn(C4CC4)c3)cc21. The van der Waals surface area contributed by atoms with E-state index in [1.165, 1.54) is 25.8 Å². The molecular formula is C19H21BN3O3. The fraction of sp³-hybridized carbons (Fsp3) is 0.421. The minimum atomic E-state index is -0.937. The van der Waals surface area contributed by atoms with Crippen LogP contribution in [0.4, 0.5) is 0 Å². The quantitative estimate of drug-likeness (QED) is 0.591. The van der Waals surface area contributed by atoms with Crippen LogP contribution in [0.25, 0.3) is 11.1 Å². The highest BCUT2D eigenvalue weighted by Gasteiger charge is 2.32. The molecule has 1 heterocycles. The van der Waals surface area contributed by atoms with Crippen molar-refractivity contribution in [1.82, 2.24) is 15.0 Å². The first-order chi connectivity index (χ1) is 12.7. The number of hydrogen-bond donors (Lipinski definition) is 2. The molecule has 26 heavy (non-hydrogen) atoms. The van der Waals surface area contributed by atoms with E-state index >= 15 is 0 Å². The zero-order valence-corrected chi connectivity index (χ0v) is 14.5. The van der Waals surface area contributed by atoms with Gasteiger partial charge in [0.1, 0.15) is 6.04 Å². The van der Waals surface area contributed by atoms with Crippen LogP contribution < -0.4 is 5.23 Å². The summed E-state index contributed by atoms with van der Waals surface area (Å²) in [7, 11) is 1.18. The highest BCUT2D eigenvalue weighted by molar-refractivity contribution is 6.64. The van der Waals surface area contributed by atoms with E-state index in [9.17, 15) is 14.7 Å². The highest BCUT2D eigenvalue weighted by Crippen LogP contribution is 2.38. The molecule has 2 aliphatic carbocycles. The van der Waals surface area contributed by atoms with Crippen molar-refractivity contribution in [3.63, 3.8) is 0 Å². The average Bonchev–Trinajstić information content (AvgIpc) is 3.38. The number of carbonyl (C=O) groups is 2. The Morgan fingerprint density at radius 2 is 2.19 bits per heavy atom. The van der Waals surface area contributed by atoms with Crippen LogP contribution in [-0.4, -0.2) is 40.5 Å². The van der Waals surface area contributed by atoms with Crippen molar-refractivity contribution in [1.29, 1.82) is 0 Å². The summed E-state index contributed by atoms with van der Waals surface area (Å²) in [6, 6.07) is 6.03. The lowest BCUT2D eigenvalue weighted by atomic mass is 9.76. The van der Waals surface area contributed by atoms with Gasteiger partial charge in [-0.05, 0) is 48.8 Å². The lowest BCUT2D eigenvalue weighted by molar-refractivity contribution is -0.139. The summed E-state index contributed by atoms with van der Waals surface area (Å²) in [5.74, 6) is -1.10. The van der Waals surface area contributed by atoms with E-state index in [1.54, 1.807) is 0 Å². The lowest BCUT2D eigenvalue weighted by Crippen LogP contribution is -2.45. The van der Waals surface area contributed by atoms with Crippen LogP contribution in [0.15, 0.2) is 30.6 Å². The Hall–Kier alpha value is -2.41. The number of fused-ring (bicyclic) bond motifs is 1. The Morgan fingerprint density at radius 1 is 1.35 bits per heavy atom. The van der Waals surface area contributed by atoms with Crippen molar-refractivity contribution < 1.29 is 14.7 Å². The number of carbonyl (C=O) groups excluding carboxylic acids is 1. The van der Waals surface area contributed by atoms with E-state index in [4.69, 9.17) is 0 Å². The van der Waals surface area contributed by atoms with Crippen molar-refractivity contribution >= 4 is 19.6 Å². The monoisotopic (exact) mass is 350 g/mol. The molecule has 0 spiro atoms. The second-order valence-corrected chi connectivity index (χ2v) is 7.14. The standard InChI is InChI=1S/C19H21BN3O3/c24-11-20-22-18(19(25)26)16-3-1-2-12-4-5-13(8-17(12)16)14-9-21-23(10-14)15-6-7-15/h4-5,8-11,15-16,18,22H,1-3,6-7H2,(H,25,26)/t16-,18+/m1/s1. The van der Waals surface area contributed by atoms with E-state index in [0.29, 0.717) is 12.2 Å². The number of carboxylic acids is 1. The van der Waals surface area contributed by atoms with Crippen LogP contribution in [0.5, 0.6) is 0 Å². The second-order valence-electron chi connectivity index (χ2n) is 7.14. The van der Waals surface area contributed by atoms with Gasteiger partial charge in [0.2, 0.25) is 0 Å². The largest absolute Gasteiger partial charge is 0.480 e. The van der Waals surface area contributed by atoms with Crippen molar-refractivity contribution in [2.45, 2.75) is 50.1 Å². The van der Waals surface area contributed by atoms with Gasteiger partial charge < -0.3 is 15.1 Å². The molecule has 1 fully saturated rings. The Bertz CT molecular complexity index is 831. The van der Waals surface area contributed by atoms with Crippen LogP contribution in [0, 0.1) is 0 Å². The molecule has 0 saturated heterocycles. The van der Waals surface area contributed by atoms with Crippen LogP contribution in [-0.2, 0) is 16.0 Å². The number of carboxylic acid groups (broad SMARTS) is 1. The predicted molar refractivity (Wildman–Crippen MR) is 98.7 cm³/mol. The maximum atomic E-state index is 11.7. The number of nitrogens with one attached hydrogen (secondary N) is 1. The molecule has 2 atom stereocenters. The van der Waals surface area contributed by atoms with Gasteiger partial charge in [0.05, 0.1) is 18.4 Å². The summed E-state index contributed by atoms with van der Waals surface area (Å²) < 4.78 is 2.02. The molecule has 0 unspecified atom stereocenters. The predicted octanol–water partition coefficient (Wildman–Crippen LogP) is 2.16. The summed E-state index contributed by atoms with van der Waals surface area (Å²) >= 11 is 0. The molecule has 2 N–H and O–H groups in total. The van der Waals surface area contributed by atoms with Gasteiger partial charge in [-0.15, -0.1) is 0 Å². The number of nitrogens with zero attached hydrogens (tertiary/aromatic N) is 2. The third-order valence-electron chi connectivity index (χ3n) is 5.37. The fourth-order valence-electron chi connectivity index (χ4n) is 3.89.